The molecule has 5 nitrogen and oxygen atoms in total. The van der Waals surface area contributed by atoms with Crippen molar-refractivity contribution < 1.29 is 4.74 Å². The van der Waals surface area contributed by atoms with Gasteiger partial charge in [-0.25, -0.2) is 4.98 Å². The van der Waals surface area contributed by atoms with E-state index in [-0.39, 0.29) is 0 Å². The van der Waals surface area contributed by atoms with E-state index in [0.717, 1.165) is 45.0 Å². The Bertz CT molecular complexity index is 1270. The Labute approximate surface area is 169 Å². The van der Waals surface area contributed by atoms with Gasteiger partial charge in [-0.3, -0.25) is 0 Å². The maximum atomic E-state index is 9.76. The second kappa shape index (κ2) is 7.33. The first-order valence-electron chi connectivity index (χ1n) is 9.42. The van der Waals surface area contributed by atoms with Crippen LogP contribution in [0.3, 0.4) is 0 Å². The Morgan fingerprint density at radius 3 is 2.55 bits per heavy atom. The van der Waals surface area contributed by atoms with E-state index in [4.69, 9.17) is 4.74 Å². The van der Waals surface area contributed by atoms with Crippen molar-refractivity contribution in [2.75, 3.05) is 7.11 Å². The van der Waals surface area contributed by atoms with Crippen molar-refractivity contribution in [2.24, 2.45) is 0 Å². The molecule has 0 aliphatic rings. The lowest BCUT2D eigenvalue weighted by Crippen LogP contribution is -1.99. The molecule has 2 heterocycles. The maximum Gasteiger partial charge on any atom is 0.149 e. The predicted molar refractivity (Wildman–Crippen MR) is 116 cm³/mol. The Kier molecular flexibility index (Phi) is 4.69. The van der Waals surface area contributed by atoms with Crippen molar-refractivity contribution in [1.82, 2.24) is 14.5 Å². The minimum atomic E-state index is 0.508. The van der Waals surface area contributed by atoms with Gasteiger partial charge in [-0.05, 0) is 80.4 Å². The van der Waals surface area contributed by atoms with E-state index in [0.29, 0.717) is 11.4 Å². The summed E-state index contributed by atoms with van der Waals surface area (Å²) < 4.78 is 7.42. The molecule has 0 unspecified atom stereocenters. The topological polar surface area (TPSA) is 66.6 Å². The summed E-state index contributed by atoms with van der Waals surface area (Å²) in [5, 5.41) is 9.76. The molecule has 0 aliphatic heterocycles. The van der Waals surface area contributed by atoms with Gasteiger partial charge in [0.05, 0.1) is 23.7 Å². The fraction of sp³-hybridized carbons (Fsp3) is 0.167. The number of allylic oxidation sites excluding steroid dienone is 1. The molecule has 4 rings (SSSR count). The number of rotatable bonds is 4. The SMILES string of the molecule is COc1ccc(-n2c(C)cc(C=C(C#N)c3nc4ccc(C)cc4[nH]3)c2C)cc1. The predicted octanol–water partition coefficient (Wildman–Crippen LogP) is 5.35. The van der Waals surface area contributed by atoms with Crippen LogP contribution in [0.15, 0.2) is 48.5 Å². The van der Waals surface area contributed by atoms with Crippen LogP contribution in [-0.4, -0.2) is 21.6 Å². The molecule has 0 bridgehead atoms. The molecule has 4 aromatic rings. The summed E-state index contributed by atoms with van der Waals surface area (Å²) in [5.74, 6) is 1.41. The number of nitrogens with zero attached hydrogens (tertiary/aromatic N) is 3. The average molecular weight is 382 g/mol. The van der Waals surface area contributed by atoms with Crippen molar-refractivity contribution in [3.8, 4) is 17.5 Å². The van der Waals surface area contributed by atoms with Crippen LogP contribution < -0.4 is 4.74 Å². The molecule has 0 saturated heterocycles. The first kappa shape index (κ1) is 18.6. The highest BCUT2D eigenvalue weighted by molar-refractivity contribution is 5.91. The van der Waals surface area contributed by atoms with Crippen LogP contribution in [0.2, 0.25) is 0 Å². The number of methoxy groups -OCH3 is 1. The van der Waals surface area contributed by atoms with Crippen LogP contribution in [0.4, 0.5) is 0 Å². The number of nitrogens with one attached hydrogen (secondary N) is 1. The van der Waals surface area contributed by atoms with E-state index < -0.39 is 0 Å². The molecule has 144 valence electrons. The monoisotopic (exact) mass is 382 g/mol. The molecule has 0 radical (unpaired) electrons. The van der Waals surface area contributed by atoms with Gasteiger partial charge in [0, 0.05) is 17.1 Å². The largest absolute Gasteiger partial charge is 0.497 e. The van der Waals surface area contributed by atoms with Gasteiger partial charge in [0.1, 0.15) is 17.6 Å². The first-order chi connectivity index (χ1) is 14.0. The molecule has 0 saturated carbocycles. The second-order valence-electron chi connectivity index (χ2n) is 7.14. The number of ether oxygens (including phenoxy) is 1. The van der Waals surface area contributed by atoms with E-state index in [1.54, 1.807) is 7.11 Å². The lowest BCUT2D eigenvalue weighted by Gasteiger charge is -2.10. The third kappa shape index (κ3) is 3.41. The summed E-state index contributed by atoms with van der Waals surface area (Å²) in [7, 11) is 1.66. The smallest absolute Gasteiger partial charge is 0.149 e. The van der Waals surface area contributed by atoms with Crippen LogP contribution in [0.1, 0.15) is 28.3 Å². The average Bonchev–Trinajstić information content (AvgIpc) is 3.26. The Balaban J connectivity index is 1.76. The third-order valence-electron chi connectivity index (χ3n) is 5.11. The number of hydrogen-bond acceptors (Lipinski definition) is 3. The van der Waals surface area contributed by atoms with Crippen molar-refractivity contribution in [3.05, 3.63) is 76.9 Å². The number of H-pyrrole nitrogens is 1. The number of benzene rings is 2. The fourth-order valence-electron chi connectivity index (χ4n) is 3.62. The van der Waals surface area contributed by atoms with Gasteiger partial charge in [-0.2, -0.15) is 5.26 Å². The molecule has 0 fully saturated rings. The zero-order valence-corrected chi connectivity index (χ0v) is 16.9. The number of imidazole rings is 1. The highest BCUT2D eigenvalue weighted by atomic mass is 16.5. The summed E-state index contributed by atoms with van der Waals surface area (Å²) in [4.78, 5) is 7.86. The van der Waals surface area contributed by atoms with Crippen molar-refractivity contribution >= 4 is 22.7 Å². The van der Waals surface area contributed by atoms with Crippen LogP contribution in [0, 0.1) is 32.1 Å². The van der Waals surface area contributed by atoms with Gasteiger partial charge in [0.15, 0.2) is 0 Å². The molecule has 0 atom stereocenters. The molecular weight excluding hydrogens is 360 g/mol. The van der Waals surface area contributed by atoms with Crippen molar-refractivity contribution in [3.63, 3.8) is 0 Å². The Hall–Kier alpha value is -3.78. The van der Waals surface area contributed by atoms with E-state index in [2.05, 4.69) is 40.5 Å². The van der Waals surface area contributed by atoms with E-state index in [1.165, 1.54) is 0 Å². The van der Waals surface area contributed by atoms with Crippen LogP contribution in [0.5, 0.6) is 5.75 Å². The number of aryl methyl sites for hydroxylation is 2. The second-order valence-corrected chi connectivity index (χ2v) is 7.14. The number of aromatic amines is 1. The van der Waals surface area contributed by atoms with Crippen LogP contribution in [-0.2, 0) is 0 Å². The summed E-state index contributed by atoms with van der Waals surface area (Å²) in [6, 6.07) is 18.4. The molecule has 2 aromatic carbocycles. The highest BCUT2D eigenvalue weighted by Gasteiger charge is 2.13. The Morgan fingerprint density at radius 1 is 1.10 bits per heavy atom. The van der Waals surface area contributed by atoms with Gasteiger partial charge in [0.2, 0.25) is 0 Å². The van der Waals surface area contributed by atoms with E-state index in [1.807, 2.05) is 55.5 Å². The normalized spacial score (nSPS) is 11.6. The lowest BCUT2D eigenvalue weighted by molar-refractivity contribution is 0.414. The molecule has 0 aliphatic carbocycles. The third-order valence-corrected chi connectivity index (χ3v) is 5.11. The quantitative estimate of drug-likeness (QED) is 0.484. The van der Waals surface area contributed by atoms with E-state index in [9.17, 15) is 5.26 Å². The molecule has 0 spiro atoms. The van der Waals surface area contributed by atoms with Gasteiger partial charge in [0.25, 0.3) is 0 Å². The summed E-state index contributed by atoms with van der Waals surface area (Å²) in [5.41, 5.74) is 7.65. The van der Waals surface area contributed by atoms with Gasteiger partial charge in [-0.1, -0.05) is 6.07 Å². The summed E-state index contributed by atoms with van der Waals surface area (Å²) in [6.45, 7) is 6.15. The number of aromatic nitrogens is 3. The number of nitriles is 1. The number of hydrogen-bond donors (Lipinski definition) is 1. The molecule has 29 heavy (non-hydrogen) atoms. The van der Waals surface area contributed by atoms with Gasteiger partial charge >= 0.3 is 0 Å². The maximum absolute atomic E-state index is 9.76. The van der Waals surface area contributed by atoms with Crippen LogP contribution >= 0.6 is 0 Å². The van der Waals surface area contributed by atoms with Crippen molar-refractivity contribution in [1.29, 1.82) is 5.26 Å². The summed E-state index contributed by atoms with van der Waals surface area (Å²) >= 11 is 0. The molecule has 2 aromatic heterocycles. The van der Waals surface area contributed by atoms with Crippen molar-refractivity contribution in [2.45, 2.75) is 20.8 Å². The van der Waals surface area contributed by atoms with E-state index >= 15 is 0 Å². The fourth-order valence-corrected chi connectivity index (χ4v) is 3.62. The van der Waals surface area contributed by atoms with Gasteiger partial charge < -0.3 is 14.3 Å². The lowest BCUT2D eigenvalue weighted by atomic mass is 10.1. The minimum absolute atomic E-state index is 0.508. The van der Waals surface area contributed by atoms with Crippen LogP contribution in [0.25, 0.3) is 28.4 Å². The van der Waals surface area contributed by atoms with Gasteiger partial charge in [-0.15, -0.1) is 0 Å². The zero-order valence-electron chi connectivity index (χ0n) is 16.9. The minimum Gasteiger partial charge on any atom is -0.497 e. The highest BCUT2D eigenvalue weighted by Crippen LogP contribution is 2.26. The number of fused-ring (bicyclic) bond motifs is 1. The Morgan fingerprint density at radius 2 is 1.86 bits per heavy atom. The standard InChI is InChI=1S/C24H22N4O/c1-15-5-10-22-23(11-15)27-24(26-22)19(14-25)13-18-12-16(2)28(17(18)3)20-6-8-21(29-4)9-7-20/h5-13H,1-4H3,(H,26,27). The molecule has 1 N–H and O–H groups in total. The first-order valence-corrected chi connectivity index (χ1v) is 9.42. The summed E-state index contributed by atoms with van der Waals surface area (Å²) in [6.07, 6.45) is 1.90. The zero-order chi connectivity index (χ0) is 20.5. The molecular formula is C24H22N4O. The molecule has 5 heteroatoms. The molecule has 0 amide bonds.